The molecule has 0 aliphatic carbocycles. The number of nitrogens with zero attached hydrogens (tertiary/aromatic N) is 10. The van der Waals surface area contributed by atoms with E-state index in [1.807, 2.05) is 135 Å². The van der Waals surface area contributed by atoms with Crippen molar-refractivity contribution in [2.24, 2.45) is 0 Å². The highest BCUT2D eigenvalue weighted by atomic mass is 15.2. The second-order valence-electron chi connectivity index (χ2n) is 32.0. The minimum absolute atomic E-state index is 0.583. The van der Waals surface area contributed by atoms with E-state index in [4.69, 9.17) is 29.9 Å². The number of fused-ring (bicyclic) bond motifs is 24. The molecule has 0 radical (unpaired) electrons. The molecule has 26 aromatic rings. The molecule has 0 saturated carbocycles. The quantitative estimate of drug-likeness (QED) is 0.127. The first kappa shape index (κ1) is 73.1. The summed E-state index contributed by atoms with van der Waals surface area (Å²) < 4.78 is 9.26. The Balaban J connectivity index is 0.000000138. The zero-order chi connectivity index (χ0) is 83.5. The summed E-state index contributed by atoms with van der Waals surface area (Å²) >= 11 is 0. The highest BCUT2D eigenvalue weighted by Crippen LogP contribution is 2.46. The predicted octanol–water partition coefficient (Wildman–Crippen LogP) is 30.1. The lowest BCUT2D eigenvalue weighted by molar-refractivity contribution is 0.953. The molecule has 0 unspecified atom stereocenters. The fourth-order valence-electron chi connectivity index (χ4n) is 19.5. The molecule has 126 heavy (non-hydrogen) atoms. The summed E-state index contributed by atoms with van der Waals surface area (Å²) in [6.45, 7) is 4.00. The lowest BCUT2D eigenvalue weighted by atomic mass is 9.93. The number of para-hydroxylation sites is 4. The Bertz CT molecular complexity index is 8620. The molecule has 590 valence electrons. The van der Waals surface area contributed by atoms with Crippen molar-refractivity contribution in [1.29, 1.82) is 0 Å². The van der Waals surface area contributed by atoms with E-state index in [0.29, 0.717) is 35.2 Å². The topological polar surface area (TPSA) is 97.1 Å². The molecular weight excluding hydrogens is 1530 g/mol. The van der Waals surface area contributed by atoms with Crippen molar-refractivity contribution in [1.82, 2.24) is 48.2 Å². The van der Waals surface area contributed by atoms with Gasteiger partial charge in [-0.2, -0.15) is 19.9 Å². The third kappa shape index (κ3) is 11.9. The lowest BCUT2D eigenvalue weighted by Gasteiger charge is -2.16. The van der Waals surface area contributed by atoms with Crippen LogP contribution >= 0.6 is 0 Å². The van der Waals surface area contributed by atoms with E-state index in [1.165, 1.54) is 114 Å². The molecule has 10 heteroatoms. The number of hydrogen-bond donors (Lipinski definition) is 0. The third-order valence-electron chi connectivity index (χ3n) is 25.1. The standard InChI is InChI=1S/2C57H35N5.C2H6/c1-3-16-36(17-4-1)55-58-56(37-18-5-2-6-19-37)60-57(59-55)62-50-28-14-12-24-44(50)48-35-39(31-33-52(48)62)38-30-32-51-47(34-38)43-23-11-13-27-49(43)61(51)53-29-15-26-46-42-21-8-7-20-40(42)41-22-9-10-25-45(41)54(46)53;1-3-15-36(16-4-1)55-58-56(37-17-5-2-6-18-37)60-57(59-55)62-52-26-14-12-24-47(52)50-34-39(28-32-54(50)62)38-27-31-53-49(33-38)46-23-11-13-25-51(46)61(53)40-29-30-45-43-21-8-7-19-41(43)42-20-9-10-22-44(42)48(45)35-40;1-2/h2*1-35H;1-2H3. The minimum Gasteiger partial charge on any atom is -0.309 e. The molecule has 0 amide bonds. The molecular formula is C116H76N10. The first-order chi connectivity index (χ1) is 62.5. The molecule has 0 spiro atoms. The maximum absolute atomic E-state index is 5.13. The van der Waals surface area contributed by atoms with Crippen molar-refractivity contribution in [3.63, 3.8) is 0 Å². The van der Waals surface area contributed by atoms with Gasteiger partial charge in [0.1, 0.15) is 0 Å². The molecule has 0 aliphatic rings. The van der Waals surface area contributed by atoms with Crippen LogP contribution in [0.4, 0.5) is 0 Å². The Morgan fingerprint density at radius 3 is 0.746 bits per heavy atom. The number of aromatic nitrogens is 10. The molecule has 20 aromatic carbocycles. The van der Waals surface area contributed by atoms with Gasteiger partial charge >= 0.3 is 0 Å². The van der Waals surface area contributed by atoms with Gasteiger partial charge in [-0.15, -0.1) is 0 Å². The van der Waals surface area contributed by atoms with E-state index in [0.717, 1.165) is 93.8 Å². The number of rotatable bonds is 10. The Labute approximate surface area is 724 Å². The van der Waals surface area contributed by atoms with Gasteiger partial charge in [-0.1, -0.05) is 347 Å². The zero-order valence-corrected chi connectivity index (χ0v) is 68.9. The van der Waals surface area contributed by atoms with E-state index < -0.39 is 0 Å². The van der Waals surface area contributed by atoms with E-state index in [-0.39, 0.29) is 0 Å². The van der Waals surface area contributed by atoms with Gasteiger partial charge in [-0.3, -0.25) is 9.13 Å². The molecule has 0 aliphatic heterocycles. The number of benzene rings is 20. The molecule has 0 saturated heterocycles. The first-order valence-corrected chi connectivity index (χ1v) is 43.1. The van der Waals surface area contributed by atoms with Gasteiger partial charge in [-0.25, -0.2) is 9.97 Å². The second kappa shape index (κ2) is 30.1. The normalized spacial score (nSPS) is 11.7. The fourth-order valence-corrected chi connectivity index (χ4v) is 19.5. The smallest absolute Gasteiger partial charge is 0.238 e. The molecule has 10 nitrogen and oxygen atoms in total. The Hall–Kier alpha value is -16.8. The van der Waals surface area contributed by atoms with Crippen molar-refractivity contribution in [2.75, 3.05) is 0 Å². The largest absolute Gasteiger partial charge is 0.309 e. The maximum Gasteiger partial charge on any atom is 0.238 e. The van der Waals surface area contributed by atoms with E-state index in [2.05, 4.69) is 322 Å². The second-order valence-corrected chi connectivity index (χ2v) is 32.0. The summed E-state index contributed by atoms with van der Waals surface area (Å²) in [6.07, 6.45) is 0. The summed E-state index contributed by atoms with van der Waals surface area (Å²) in [5.74, 6) is 3.70. The predicted molar refractivity (Wildman–Crippen MR) is 526 cm³/mol. The van der Waals surface area contributed by atoms with Gasteiger partial charge in [0.05, 0.1) is 49.8 Å². The molecule has 0 N–H and O–H groups in total. The van der Waals surface area contributed by atoms with Gasteiger partial charge < -0.3 is 9.13 Å². The lowest BCUT2D eigenvalue weighted by Crippen LogP contribution is -2.06. The van der Waals surface area contributed by atoms with Crippen molar-refractivity contribution in [3.8, 4) is 91.1 Å². The third-order valence-corrected chi connectivity index (χ3v) is 25.1. The van der Waals surface area contributed by atoms with Crippen molar-refractivity contribution in [2.45, 2.75) is 13.8 Å². The highest BCUT2D eigenvalue weighted by Gasteiger charge is 2.25. The van der Waals surface area contributed by atoms with E-state index >= 15 is 0 Å². The van der Waals surface area contributed by atoms with Crippen LogP contribution in [0, 0.1) is 0 Å². The monoisotopic (exact) mass is 1610 g/mol. The van der Waals surface area contributed by atoms with Crippen molar-refractivity contribution >= 4 is 152 Å². The zero-order valence-electron chi connectivity index (χ0n) is 68.9. The van der Waals surface area contributed by atoms with Crippen LogP contribution in [0.2, 0.25) is 0 Å². The average Bonchev–Trinajstić information content (AvgIpc) is 1.48. The van der Waals surface area contributed by atoms with Gasteiger partial charge in [0, 0.05) is 76.4 Å². The molecule has 0 bridgehead atoms. The van der Waals surface area contributed by atoms with Crippen LogP contribution in [0.25, 0.3) is 243 Å². The maximum atomic E-state index is 5.13. The SMILES string of the molecule is CC.c1ccc(-c2nc(-c3ccccc3)nc(-n3c4ccccc4c4cc(-c5ccc6c(c5)c5ccccc5n6-c5ccc6c7ccccc7c7ccccc7c6c5)ccc43)n2)cc1.c1ccc(-c2nc(-c3ccccc3)nc(-n3c4ccccc4c4cc(-c5ccc6c(c5)c5ccccc5n6-c5cccc6c7ccccc7c7ccccc7c56)ccc43)n2)cc1. The van der Waals surface area contributed by atoms with Crippen LogP contribution < -0.4 is 0 Å². The molecule has 6 aromatic heterocycles. The van der Waals surface area contributed by atoms with Crippen LogP contribution in [-0.2, 0) is 0 Å². The fraction of sp³-hybridized carbons (Fsp3) is 0.0172. The van der Waals surface area contributed by atoms with Gasteiger partial charge in [0.25, 0.3) is 0 Å². The average molecular weight is 1610 g/mol. The number of hydrogen-bond acceptors (Lipinski definition) is 6. The summed E-state index contributed by atoms with van der Waals surface area (Å²) in [7, 11) is 0. The van der Waals surface area contributed by atoms with Gasteiger partial charge in [0.2, 0.25) is 11.9 Å². The van der Waals surface area contributed by atoms with E-state index in [1.54, 1.807) is 0 Å². The summed E-state index contributed by atoms with van der Waals surface area (Å²) in [5.41, 5.74) is 19.6. The minimum atomic E-state index is 0.583. The highest BCUT2D eigenvalue weighted by molar-refractivity contribution is 6.29. The molecule has 26 rings (SSSR count). The van der Waals surface area contributed by atoms with Gasteiger partial charge in [0.15, 0.2) is 23.3 Å². The Kier molecular flexibility index (Phi) is 17.5. The Morgan fingerprint density at radius 2 is 0.397 bits per heavy atom. The van der Waals surface area contributed by atoms with Crippen LogP contribution in [0.3, 0.4) is 0 Å². The molecule has 0 atom stereocenters. The van der Waals surface area contributed by atoms with Crippen LogP contribution in [0.15, 0.2) is 425 Å². The van der Waals surface area contributed by atoms with Crippen molar-refractivity contribution in [3.05, 3.63) is 425 Å². The molecule has 0 fully saturated rings. The van der Waals surface area contributed by atoms with Gasteiger partial charge in [-0.05, 0) is 172 Å². The molecule has 6 heterocycles. The summed E-state index contributed by atoms with van der Waals surface area (Å²) in [4.78, 5) is 30.4. The first-order valence-electron chi connectivity index (χ1n) is 43.1. The van der Waals surface area contributed by atoms with Crippen LogP contribution in [-0.4, -0.2) is 48.2 Å². The van der Waals surface area contributed by atoms with E-state index in [9.17, 15) is 0 Å². The summed E-state index contributed by atoms with van der Waals surface area (Å²) in [5, 5.41) is 24.7. The summed E-state index contributed by atoms with van der Waals surface area (Å²) in [6, 6.07) is 152. The van der Waals surface area contributed by atoms with Crippen LogP contribution in [0.5, 0.6) is 0 Å². The van der Waals surface area contributed by atoms with Crippen molar-refractivity contribution < 1.29 is 0 Å². The van der Waals surface area contributed by atoms with Crippen LogP contribution in [0.1, 0.15) is 13.8 Å². The Morgan fingerprint density at radius 1 is 0.151 bits per heavy atom.